The number of aromatic nitrogens is 2. The Kier molecular flexibility index (Phi) is 6.77. The number of nitrogens with zero attached hydrogens (tertiary/aromatic N) is 4. The number of nitriles is 1. The molecule has 0 radical (unpaired) electrons. The maximum Gasteiger partial charge on any atom is 0.258 e. The van der Waals surface area contributed by atoms with Crippen molar-refractivity contribution in [1.29, 1.82) is 5.26 Å². The van der Waals surface area contributed by atoms with Crippen LogP contribution in [0.3, 0.4) is 0 Å². The fourth-order valence-corrected chi connectivity index (χ4v) is 4.53. The number of aromatic amines is 1. The Morgan fingerprint density at radius 2 is 1.86 bits per heavy atom. The lowest BCUT2D eigenvalue weighted by Gasteiger charge is -2.33. The lowest BCUT2D eigenvalue weighted by molar-refractivity contribution is -0.134. The minimum atomic E-state index is -0.172. The second-order valence-electron chi connectivity index (χ2n) is 9.48. The predicted molar refractivity (Wildman–Crippen MR) is 132 cm³/mol. The molecule has 0 spiro atoms. The molecule has 1 aliphatic carbocycles. The molecule has 1 saturated heterocycles. The molecule has 0 atom stereocenters. The first-order valence-electron chi connectivity index (χ1n) is 12.2. The third-order valence-corrected chi connectivity index (χ3v) is 6.71. The highest BCUT2D eigenvalue weighted by molar-refractivity contribution is 5.79. The Morgan fingerprint density at radius 1 is 1.11 bits per heavy atom. The van der Waals surface area contributed by atoms with Gasteiger partial charge in [-0.3, -0.25) is 14.5 Å². The molecule has 3 aromatic rings. The molecule has 5 rings (SSSR count). The van der Waals surface area contributed by atoms with Crippen LogP contribution in [0.25, 0.3) is 10.9 Å². The van der Waals surface area contributed by atoms with Crippen molar-refractivity contribution in [2.45, 2.75) is 38.3 Å². The summed E-state index contributed by atoms with van der Waals surface area (Å²) in [4.78, 5) is 37.2. The third-order valence-electron chi connectivity index (χ3n) is 6.71. The van der Waals surface area contributed by atoms with E-state index >= 15 is 0 Å². The molecule has 1 amide bonds. The normalized spacial score (nSPS) is 16.7. The summed E-state index contributed by atoms with van der Waals surface area (Å²) in [5, 5.41) is 9.49. The van der Waals surface area contributed by atoms with Crippen molar-refractivity contribution in [3.05, 3.63) is 70.3 Å². The second kappa shape index (κ2) is 10.3. The number of piperidine rings is 1. The summed E-state index contributed by atoms with van der Waals surface area (Å²) in [6.07, 6.45) is 4.07. The van der Waals surface area contributed by atoms with E-state index in [-0.39, 0.29) is 17.6 Å². The molecule has 2 fully saturated rings. The van der Waals surface area contributed by atoms with Gasteiger partial charge in [0.1, 0.15) is 17.7 Å². The minimum absolute atomic E-state index is 0.0687. The topological polar surface area (TPSA) is 102 Å². The van der Waals surface area contributed by atoms with Crippen LogP contribution in [0.4, 0.5) is 0 Å². The van der Waals surface area contributed by atoms with E-state index in [2.05, 4.69) is 20.9 Å². The summed E-state index contributed by atoms with van der Waals surface area (Å²) < 4.78 is 6.07. The number of amides is 1. The molecule has 2 heterocycles. The minimum Gasteiger partial charge on any atom is -0.490 e. The molecule has 0 unspecified atom stereocenters. The number of likely N-dealkylation sites (tertiary alicyclic amines) is 1. The zero-order chi connectivity index (χ0) is 24.2. The van der Waals surface area contributed by atoms with Crippen LogP contribution in [0.1, 0.15) is 37.1 Å². The van der Waals surface area contributed by atoms with E-state index in [1.165, 1.54) is 0 Å². The van der Waals surface area contributed by atoms with Gasteiger partial charge in [0, 0.05) is 19.6 Å². The second-order valence-corrected chi connectivity index (χ2v) is 9.48. The number of rotatable bonds is 8. The maximum atomic E-state index is 13.3. The Bertz CT molecular complexity index is 1280. The fraction of sp³-hybridized carbons (Fsp3) is 0.407. The van der Waals surface area contributed by atoms with E-state index in [9.17, 15) is 9.59 Å². The van der Waals surface area contributed by atoms with Crippen molar-refractivity contribution in [1.82, 2.24) is 19.8 Å². The van der Waals surface area contributed by atoms with Gasteiger partial charge in [-0.15, -0.1) is 0 Å². The zero-order valence-corrected chi connectivity index (χ0v) is 19.7. The zero-order valence-electron chi connectivity index (χ0n) is 19.7. The molecule has 180 valence electrons. The molecule has 0 bridgehead atoms. The van der Waals surface area contributed by atoms with Crippen molar-refractivity contribution >= 4 is 16.8 Å². The average Bonchev–Trinajstić information content (AvgIpc) is 3.69. The Hall–Kier alpha value is -3.70. The monoisotopic (exact) mass is 471 g/mol. The fourth-order valence-electron chi connectivity index (χ4n) is 4.53. The number of hydrogen-bond acceptors (Lipinski definition) is 6. The predicted octanol–water partition coefficient (Wildman–Crippen LogP) is 3.08. The number of benzene rings is 2. The van der Waals surface area contributed by atoms with Crippen LogP contribution in [-0.2, 0) is 11.3 Å². The van der Waals surface area contributed by atoms with E-state index in [0.717, 1.165) is 44.5 Å². The van der Waals surface area contributed by atoms with Crippen LogP contribution in [0, 0.1) is 17.2 Å². The number of ether oxygens (including phenoxy) is 1. The van der Waals surface area contributed by atoms with Gasteiger partial charge in [0.05, 0.1) is 35.6 Å². The van der Waals surface area contributed by atoms with Crippen LogP contribution in [-0.4, -0.2) is 58.0 Å². The summed E-state index contributed by atoms with van der Waals surface area (Å²) in [6, 6.07) is 16.6. The number of para-hydroxylation sites is 1. The Morgan fingerprint density at radius 3 is 2.57 bits per heavy atom. The summed E-state index contributed by atoms with van der Waals surface area (Å²) >= 11 is 0. The van der Waals surface area contributed by atoms with E-state index in [1.54, 1.807) is 18.2 Å². The van der Waals surface area contributed by atoms with Gasteiger partial charge in [-0.1, -0.05) is 12.1 Å². The largest absolute Gasteiger partial charge is 0.490 e. The lowest BCUT2D eigenvalue weighted by Crippen LogP contribution is -2.45. The number of fused-ring (bicyclic) bond motifs is 1. The molecule has 35 heavy (non-hydrogen) atoms. The van der Waals surface area contributed by atoms with Crippen LogP contribution >= 0.6 is 0 Å². The van der Waals surface area contributed by atoms with Gasteiger partial charge < -0.3 is 14.6 Å². The van der Waals surface area contributed by atoms with Crippen molar-refractivity contribution < 1.29 is 9.53 Å². The molecule has 1 saturated carbocycles. The van der Waals surface area contributed by atoms with Gasteiger partial charge in [-0.05, 0) is 68.0 Å². The number of nitrogens with one attached hydrogen (secondary N) is 1. The molecule has 8 nitrogen and oxygen atoms in total. The molecule has 1 N–H and O–H groups in total. The van der Waals surface area contributed by atoms with Crippen molar-refractivity contribution in [3.63, 3.8) is 0 Å². The van der Waals surface area contributed by atoms with E-state index in [1.807, 2.05) is 35.2 Å². The van der Waals surface area contributed by atoms with Crippen molar-refractivity contribution in [3.8, 4) is 11.8 Å². The average molecular weight is 472 g/mol. The van der Waals surface area contributed by atoms with Gasteiger partial charge in [0.25, 0.3) is 5.56 Å². The summed E-state index contributed by atoms with van der Waals surface area (Å²) in [5.41, 5.74) is 1.09. The molecule has 2 aromatic carbocycles. The van der Waals surface area contributed by atoms with Crippen LogP contribution < -0.4 is 10.3 Å². The first-order chi connectivity index (χ1) is 17.1. The quantitative estimate of drug-likeness (QED) is 0.542. The SMILES string of the molecule is N#Cc1ccc(OC2CCN(CC(=O)N(Cc3nc4ccccc4c(=O)[nH]3)CC3CC3)CC2)cc1. The summed E-state index contributed by atoms with van der Waals surface area (Å²) in [7, 11) is 0. The van der Waals surface area contributed by atoms with Gasteiger partial charge >= 0.3 is 0 Å². The highest BCUT2D eigenvalue weighted by atomic mass is 16.5. The standard InChI is InChI=1S/C27H29N5O3/c28-15-19-7-9-21(10-8-19)35-22-11-13-31(14-12-22)18-26(33)32(16-20-5-6-20)17-25-29-24-4-2-1-3-23(24)27(34)30-25/h1-4,7-10,20,22H,5-6,11-14,16-18H2,(H,29,30,34). The molecule has 2 aliphatic rings. The molecule has 8 heteroatoms. The first-order valence-corrected chi connectivity index (χ1v) is 12.2. The molecule has 1 aliphatic heterocycles. The smallest absolute Gasteiger partial charge is 0.258 e. The number of carbonyl (C=O) groups excluding carboxylic acids is 1. The molecule has 1 aromatic heterocycles. The van der Waals surface area contributed by atoms with Crippen LogP contribution in [0.2, 0.25) is 0 Å². The lowest BCUT2D eigenvalue weighted by atomic mass is 10.1. The molecular weight excluding hydrogens is 442 g/mol. The van der Waals surface area contributed by atoms with Crippen molar-refractivity contribution in [2.75, 3.05) is 26.2 Å². The van der Waals surface area contributed by atoms with Gasteiger partial charge in [0.15, 0.2) is 0 Å². The number of hydrogen-bond donors (Lipinski definition) is 1. The number of H-pyrrole nitrogens is 1. The first kappa shape index (κ1) is 23.1. The third kappa shape index (κ3) is 5.87. The van der Waals surface area contributed by atoms with Crippen LogP contribution in [0.15, 0.2) is 53.3 Å². The van der Waals surface area contributed by atoms with Gasteiger partial charge in [-0.25, -0.2) is 4.98 Å². The summed E-state index contributed by atoms with van der Waals surface area (Å²) in [5.74, 6) is 1.90. The van der Waals surface area contributed by atoms with E-state index in [4.69, 9.17) is 10.00 Å². The van der Waals surface area contributed by atoms with E-state index < -0.39 is 0 Å². The molecular formula is C27H29N5O3. The Labute approximate surface area is 204 Å². The highest BCUT2D eigenvalue weighted by Gasteiger charge is 2.29. The number of carbonyl (C=O) groups is 1. The summed E-state index contributed by atoms with van der Waals surface area (Å²) in [6.45, 7) is 2.94. The highest BCUT2D eigenvalue weighted by Crippen LogP contribution is 2.30. The van der Waals surface area contributed by atoms with Gasteiger partial charge in [-0.2, -0.15) is 5.26 Å². The maximum absolute atomic E-state index is 13.3. The van der Waals surface area contributed by atoms with Crippen molar-refractivity contribution in [2.24, 2.45) is 5.92 Å². The van der Waals surface area contributed by atoms with Crippen LogP contribution in [0.5, 0.6) is 5.75 Å². The Balaban J connectivity index is 1.18. The van der Waals surface area contributed by atoms with E-state index in [0.29, 0.717) is 47.8 Å². The van der Waals surface area contributed by atoms with Gasteiger partial charge in [0.2, 0.25) is 5.91 Å².